The van der Waals surface area contributed by atoms with Crippen LogP contribution in [0.15, 0.2) is 57.9 Å². The summed E-state index contributed by atoms with van der Waals surface area (Å²) in [6.07, 6.45) is 1.77. The van der Waals surface area contributed by atoms with Crippen molar-refractivity contribution >= 4 is 37.7 Å². The lowest BCUT2D eigenvalue weighted by molar-refractivity contribution is 0.414. The molecule has 2 aromatic carbocycles. The van der Waals surface area contributed by atoms with Gasteiger partial charge in [-0.2, -0.15) is 5.10 Å². The van der Waals surface area contributed by atoms with Gasteiger partial charge in [-0.3, -0.25) is 4.79 Å². The van der Waals surface area contributed by atoms with Crippen molar-refractivity contribution in [3.63, 3.8) is 0 Å². The maximum absolute atomic E-state index is 13.0. The molecule has 5 nitrogen and oxygen atoms in total. The van der Waals surface area contributed by atoms with Crippen LogP contribution in [0.25, 0.3) is 21.8 Å². The second-order valence-corrected chi connectivity index (χ2v) is 6.77. The van der Waals surface area contributed by atoms with E-state index in [1.807, 2.05) is 54.1 Å². The fourth-order valence-corrected chi connectivity index (χ4v) is 3.87. The van der Waals surface area contributed by atoms with Crippen molar-refractivity contribution in [2.45, 2.75) is 6.54 Å². The van der Waals surface area contributed by atoms with Crippen molar-refractivity contribution in [2.75, 3.05) is 7.11 Å². The molecule has 0 spiro atoms. The minimum absolute atomic E-state index is 0.106. The number of ether oxygens (including phenoxy) is 1. The first kappa shape index (κ1) is 15.9. The second-order valence-electron chi connectivity index (χ2n) is 5.92. The van der Waals surface area contributed by atoms with Crippen LogP contribution in [0.3, 0.4) is 0 Å². The molecule has 0 unspecified atom stereocenters. The van der Waals surface area contributed by atoms with E-state index in [-0.39, 0.29) is 5.56 Å². The van der Waals surface area contributed by atoms with Gasteiger partial charge < -0.3 is 9.30 Å². The largest absolute Gasteiger partial charge is 0.497 e. The molecular weight excluding hydrogens is 382 g/mol. The van der Waals surface area contributed by atoms with Crippen molar-refractivity contribution in [2.24, 2.45) is 7.05 Å². The monoisotopic (exact) mass is 397 g/mol. The third kappa shape index (κ3) is 2.53. The highest BCUT2D eigenvalue weighted by molar-refractivity contribution is 9.10. The molecule has 0 saturated heterocycles. The van der Waals surface area contributed by atoms with Gasteiger partial charge in [-0.15, -0.1) is 0 Å². The first-order valence-electron chi connectivity index (χ1n) is 7.86. The van der Waals surface area contributed by atoms with Gasteiger partial charge in [0.25, 0.3) is 5.56 Å². The summed E-state index contributed by atoms with van der Waals surface area (Å²) in [5.41, 5.74) is 2.51. The summed E-state index contributed by atoms with van der Waals surface area (Å²) in [6.45, 7) is 0.397. The van der Waals surface area contributed by atoms with Gasteiger partial charge in [-0.05, 0) is 39.7 Å². The van der Waals surface area contributed by atoms with E-state index >= 15 is 0 Å². The van der Waals surface area contributed by atoms with Crippen molar-refractivity contribution in [1.82, 2.24) is 14.3 Å². The van der Waals surface area contributed by atoms with Crippen LogP contribution in [0.2, 0.25) is 0 Å². The van der Waals surface area contributed by atoms with E-state index in [0.29, 0.717) is 12.1 Å². The zero-order valence-corrected chi connectivity index (χ0v) is 15.4. The van der Waals surface area contributed by atoms with E-state index in [2.05, 4.69) is 21.0 Å². The van der Waals surface area contributed by atoms with Gasteiger partial charge >= 0.3 is 0 Å². The Kier molecular flexibility index (Phi) is 3.84. The molecule has 6 heteroatoms. The summed E-state index contributed by atoms with van der Waals surface area (Å²) in [5, 5.41) is 6.27. The molecule has 2 aromatic heterocycles. The Balaban J connectivity index is 1.91. The maximum atomic E-state index is 13.0. The highest BCUT2D eigenvalue weighted by Gasteiger charge is 2.15. The van der Waals surface area contributed by atoms with Gasteiger partial charge in [0.15, 0.2) is 0 Å². The lowest BCUT2D eigenvalue weighted by Crippen LogP contribution is -2.24. The normalized spacial score (nSPS) is 11.3. The Hall–Kier alpha value is -2.60. The molecular formula is C19H16BrN3O2. The number of fused-ring (bicyclic) bond motifs is 3. The van der Waals surface area contributed by atoms with E-state index in [1.165, 1.54) is 4.68 Å². The van der Waals surface area contributed by atoms with Gasteiger partial charge in [0.1, 0.15) is 11.3 Å². The van der Waals surface area contributed by atoms with E-state index < -0.39 is 0 Å². The Morgan fingerprint density at radius 3 is 2.72 bits per heavy atom. The number of para-hydroxylation sites is 1. The number of aryl methyl sites for hydroxylation is 1. The van der Waals surface area contributed by atoms with Crippen LogP contribution >= 0.6 is 15.9 Å². The molecule has 0 saturated carbocycles. The molecule has 0 N–H and O–H groups in total. The Bertz CT molecular complexity index is 1160. The highest BCUT2D eigenvalue weighted by Crippen LogP contribution is 2.30. The summed E-state index contributed by atoms with van der Waals surface area (Å²) < 4.78 is 9.63. The number of nitrogens with zero attached hydrogens (tertiary/aromatic N) is 3. The Labute approximate surface area is 152 Å². The third-order valence-electron chi connectivity index (χ3n) is 4.43. The summed E-state index contributed by atoms with van der Waals surface area (Å²) in [7, 11) is 3.54. The van der Waals surface area contributed by atoms with Crippen LogP contribution in [0, 0.1) is 0 Å². The Morgan fingerprint density at radius 1 is 1.12 bits per heavy atom. The zero-order valence-electron chi connectivity index (χ0n) is 13.9. The molecule has 0 aliphatic rings. The maximum Gasteiger partial charge on any atom is 0.291 e. The van der Waals surface area contributed by atoms with Crippen LogP contribution in [0.5, 0.6) is 5.75 Å². The fraction of sp³-hybridized carbons (Fsp3) is 0.158. The third-order valence-corrected chi connectivity index (χ3v) is 5.07. The number of methoxy groups -OCH3 is 1. The number of rotatable bonds is 3. The summed E-state index contributed by atoms with van der Waals surface area (Å²) in [6, 6.07) is 13.6. The average Bonchev–Trinajstić information content (AvgIpc) is 2.92. The van der Waals surface area contributed by atoms with Gasteiger partial charge in [-0.1, -0.05) is 24.3 Å². The van der Waals surface area contributed by atoms with Crippen LogP contribution in [0.4, 0.5) is 0 Å². The van der Waals surface area contributed by atoms with Gasteiger partial charge in [0.2, 0.25) is 0 Å². The number of hydrogen-bond acceptors (Lipinski definition) is 3. The molecule has 0 radical (unpaired) electrons. The molecule has 0 aliphatic carbocycles. The summed E-state index contributed by atoms with van der Waals surface area (Å²) in [4.78, 5) is 13.0. The molecule has 0 aliphatic heterocycles. The molecule has 4 aromatic rings. The quantitative estimate of drug-likeness (QED) is 0.529. The van der Waals surface area contributed by atoms with Crippen molar-refractivity contribution in [3.05, 3.63) is 69.1 Å². The first-order chi connectivity index (χ1) is 12.1. The predicted octanol–water partition coefficient (Wildman–Crippen LogP) is 3.71. The number of hydrogen-bond donors (Lipinski definition) is 0. The van der Waals surface area contributed by atoms with E-state index in [9.17, 15) is 4.79 Å². The molecule has 2 heterocycles. The van der Waals surface area contributed by atoms with Crippen molar-refractivity contribution in [1.29, 1.82) is 0 Å². The van der Waals surface area contributed by atoms with E-state index in [0.717, 1.165) is 32.1 Å². The van der Waals surface area contributed by atoms with Crippen LogP contribution < -0.4 is 10.3 Å². The van der Waals surface area contributed by atoms with E-state index in [1.54, 1.807) is 13.3 Å². The predicted molar refractivity (Wildman–Crippen MR) is 102 cm³/mol. The van der Waals surface area contributed by atoms with Gasteiger partial charge in [0, 0.05) is 22.3 Å². The first-order valence-corrected chi connectivity index (χ1v) is 8.65. The van der Waals surface area contributed by atoms with Crippen molar-refractivity contribution in [3.8, 4) is 5.75 Å². The molecule has 126 valence electrons. The number of aromatic nitrogens is 3. The smallest absolute Gasteiger partial charge is 0.291 e. The highest BCUT2D eigenvalue weighted by atomic mass is 79.9. The van der Waals surface area contributed by atoms with Gasteiger partial charge in [-0.25, -0.2) is 4.68 Å². The van der Waals surface area contributed by atoms with Crippen LogP contribution in [-0.2, 0) is 13.6 Å². The molecule has 0 amide bonds. The lowest BCUT2D eigenvalue weighted by Gasteiger charge is -2.07. The number of benzene rings is 2. The average molecular weight is 398 g/mol. The fourth-order valence-electron chi connectivity index (χ4n) is 3.24. The molecule has 0 fully saturated rings. The molecule has 4 rings (SSSR count). The number of halogens is 1. The van der Waals surface area contributed by atoms with Crippen molar-refractivity contribution < 1.29 is 4.74 Å². The molecule has 0 atom stereocenters. The van der Waals surface area contributed by atoms with Crippen LogP contribution in [-0.4, -0.2) is 21.5 Å². The topological polar surface area (TPSA) is 49.0 Å². The minimum atomic E-state index is -0.106. The van der Waals surface area contributed by atoms with E-state index in [4.69, 9.17) is 4.74 Å². The summed E-state index contributed by atoms with van der Waals surface area (Å²) >= 11 is 3.57. The molecule has 25 heavy (non-hydrogen) atoms. The second kappa shape index (κ2) is 6.04. The molecule has 0 bridgehead atoms. The lowest BCUT2D eigenvalue weighted by atomic mass is 10.2. The zero-order chi connectivity index (χ0) is 17.6. The summed E-state index contributed by atoms with van der Waals surface area (Å²) in [5.74, 6) is 0.764. The Morgan fingerprint density at radius 2 is 1.92 bits per heavy atom. The minimum Gasteiger partial charge on any atom is -0.497 e. The standard InChI is InChI=1S/C19H16BrN3O2/c1-22-17-14(7-4-8-16(17)20)15-10-21-23(19(24)18(15)22)11-12-5-3-6-13(9-12)25-2/h3-10H,11H2,1-2H3. The van der Waals surface area contributed by atoms with Crippen LogP contribution in [0.1, 0.15) is 5.56 Å². The SMILES string of the molecule is COc1cccc(Cn2ncc3c4cccc(Br)c4n(C)c3c2=O)c1. The van der Waals surface area contributed by atoms with Gasteiger partial charge in [0.05, 0.1) is 25.4 Å².